The van der Waals surface area contributed by atoms with E-state index in [4.69, 9.17) is 15.2 Å². The molecule has 0 spiro atoms. The molecule has 0 amide bonds. The first-order valence-electron chi connectivity index (χ1n) is 7.93. The van der Waals surface area contributed by atoms with Crippen molar-refractivity contribution in [3.63, 3.8) is 0 Å². The van der Waals surface area contributed by atoms with Crippen LogP contribution >= 0.6 is 0 Å². The second-order valence-corrected chi connectivity index (χ2v) is 6.09. The van der Waals surface area contributed by atoms with Crippen LogP contribution in [0.2, 0.25) is 0 Å². The Balaban J connectivity index is 1.76. The van der Waals surface area contributed by atoms with E-state index in [2.05, 4.69) is 13.0 Å². The molecule has 0 bridgehead atoms. The molecule has 1 aliphatic heterocycles. The Labute approximate surface area is 121 Å². The van der Waals surface area contributed by atoms with Gasteiger partial charge in [0.1, 0.15) is 13.2 Å². The van der Waals surface area contributed by atoms with Crippen LogP contribution in [-0.2, 0) is 0 Å². The van der Waals surface area contributed by atoms with Crippen molar-refractivity contribution in [3.05, 3.63) is 23.8 Å². The van der Waals surface area contributed by atoms with Gasteiger partial charge in [-0.3, -0.25) is 0 Å². The average Bonchev–Trinajstić information content (AvgIpc) is 2.54. The average molecular weight is 275 g/mol. The van der Waals surface area contributed by atoms with Crippen molar-refractivity contribution in [2.24, 2.45) is 17.6 Å². The molecule has 0 aromatic heterocycles. The summed E-state index contributed by atoms with van der Waals surface area (Å²) in [7, 11) is 0. The lowest BCUT2D eigenvalue weighted by Gasteiger charge is -2.33. The van der Waals surface area contributed by atoms with Crippen LogP contribution in [0.1, 0.15) is 50.6 Å². The minimum absolute atomic E-state index is 0.0736. The molecule has 1 aromatic carbocycles. The van der Waals surface area contributed by atoms with Crippen LogP contribution in [0.4, 0.5) is 0 Å². The van der Waals surface area contributed by atoms with Gasteiger partial charge in [-0.25, -0.2) is 0 Å². The zero-order chi connectivity index (χ0) is 13.9. The van der Waals surface area contributed by atoms with E-state index in [1.807, 2.05) is 12.1 Å². The van der Waals surface area contributed by atoms with E-state index in [0.29, 0.717) is 19.1 Å². The van der Waals surface area contributed by atoms with Crippen molar-refractivity contribution in [2.45, 2.75) is 45.1 Å². The zero-order valence-corrected chi connectivity index (χ0v) is 12.3. The summed E-state index contributed by atoms with van der Waals surface area (Å²) in [6.07, 6.45) is 6.43. The molecule has 3 rings (SSSR count). The first-order chi connectivity index (χ1) is 9.79. The van der Waals surface area contributed by atoms with Gasteiger partial charge in [0.2, 0.25) is 0 Å². The van der Waals surface area contributed by atoms with E-state index < -0.39 is 0 Å². The lowest BCUT2D eigenvalue weighted by Crippen LogP contribution is -2.27. The summed E-state index contributed by atoms with van der Waals surface area (Å²) in [5, 5.41) is 0. The van der Waals surface area contributed by atoms with Gasteiger partial charge in [-0.05, 0) is 30.7 Å². The van der Waals surface area contributed by atoms with Crippen molar-refractivity contribution in [2.75, 3.05) is 13.2 Å². The Morgan fingerprint density at radius 3 is 2.65 bits per heavy atom. The maximum absolute atomic E-state index is 6.55. The fourth-order valence-electron chi connectivity index (χ4n) is 3.57. The van der Waals surface area contributed by atoms with Crippen LogP contribution in [-0.4, -0.2) is 13.2 Å². The largest absolute Gasteiger partial charge is 0.486 e. The van der Waals surface area contributed by atoms with Crippen LogP contribution < -0.4 is 15.2 Å². The topological polar surface area (TPSA) is 44.5 Å². The van der Waals surface area contributed by atoms with Crippen LogP contribution in [0.25, 0.3) is 0 Å². The van der Waals surface area contributed by atoms with E-state index in [1.54, 1.807) is 0 Å². The molecular formula is C17H25NO2. The van der Waals surface area contributed by atoms with E-state index in [-0.39, 0.29) is 6.04 Å². The Morgan fingerprint density at radius 2 is 1.90 bits per heavy atom. The van der Waals surface area contributed by atoms with E-state index in [9.17, 15) is 0 Å². The Bertz CT molecular complexity index is 452. The predicted molar refractivity (Wildman–Crippen MR) is 80.1 cm³/mol. The fraction of sp³-hybridized carbons (Fsp3) is 0.647. The molecular weight excluding hydrogens is 250 g/mol. The summed E-state index contributed by atoms with van der Waals surface area (Å²) in [6, 6.07) is 6.17. The highest BCUT2D eigenvalue weighted by Crippen LogP contribution is 2.42. The first kappa shape index (κ1) is 13.7. The molecule has 3 nitrogen and oxygen atoms in total. The molecule has 2 aliphatic rings. The number of ether oxygens (including phenoxy) is 2. The van der Waals surface area contributed by atoms with Crippen molar-refractivity contribution >= 4 is 0 Å². The van der Waals surface area contributed by atoms with Crippen LogP contribution in [0.5, 0.6) is 11.5 Å². The van der Waals surface area contributed by atoms with Gasteiger partial charge in [0, 0.05) is 11.6 Å². The molecule has 1 saturated carbocycles. The van der Waals surface area contributed by atoms with Crippen LogP contribution in [0, 0.1) is 11.8 Å². The van der Waals surface area contributed by atoms with Gasteiger partial charge in [-0.15, -0.1) is 0 Å². The molecule has 1 unspecified atom stereocenters. The molecule has 1 aliphatic carbocycles. The number of rotatable bonds is 3. The Morgan fingerprint density at radius 1 is 1.15 bits per heavy atom. The standard InChI is InChI=1S/C17H25NO2/c1-2-12-6-8-13(9-7-12)16(18)14-4-3-5-15-17(14)20-11-10-19-15/h3-5,12-13,16H,2,6-11,18H2,1H3. The summed E-state index contributed by atoms with van der Waals surface area (Å²) < 4.78 is 11.5. The second-order valence-electron chi connectivity index (χ2n) is 6.09. The third-order valence-corrected chi connectivity index (χ3v) is 4.93. The highest BCUT2D eigenvalue weighted by molar-refractivity contribution is 5.49. The molecule has 2 N–H and O–H groups in total. The summed E-state index contributed by atoms with van der Waals surface area (Å²) in [5.74, 6) is 3.22. The van der Waals surface area contributed by atoms with Crippen LogP contribution in [0.3, 0.4) is 0 Å². The maximum Gasteiger partial charge on any atom is 0.166 e. The Hall–Kier alpha value is -1.22. The lowest BCUT2D eigenvalue weighted by atomic mass is 9.76. The number of hydrogen-bond donors (Lipinski definition) is 1. The molecule has 1 fully saturated rings. The molecule has 1 atom stereocenters. The van der Waals surface area contributed by atoms with Gasteiger partial charge < -0.3 is 15.2 Å². The molecule has 110 valence electrons. The van der Waals surface area contributed by atoms with Gasteiger partial charge in [0.15, 0.2) is 11.5 Å². The number of nitrogens with two attached hydrogens (primary N) is 1. The van der Waals surface area contributed by atoms with E-state index in [1.165, 1.54) is 32.1 Å². The smallest absolute Gasteiger partial charge is 0.166 e. The number of fused-ring (bicyclic) bond motifs is 1. The van der Waals surface area contributed by atoms with Crippen molar-refractivity contribution < 1.29 is 9.47 Å². The molecule has 3 heteroatoms. The molecule has 1 heterocycles. The zero-order valence-electron chi connectivity index (χ0n) is 12.3. The van der Waals surface area contributed by atoms with Crippen molar-refractivity contribution in [3.8, 4) is 11.5 Å². The summed E-state index contributed by atoms with van der Waals surface area (Å²) in [5.41, 5.74) is 7.67. The van der Waals surface area contributed by atoms with Crippen LogP contribution in [0.15, 0.2) is 18.2 Å². The number of hydrogen-bond acceptors (Lipinski definition) is 3. The van der Waals surface area contributed by atoms with Gasteiger partial charge in [0.25, 0.3) is 0 Å². The summed E-state index contributed by atoms with van der Waals surface area (Å²) in [6.45, 7) is 3.55. The summed E-state index contributed by atoms with van der Waals surface area (Å²) in [4.78, 5) is 0. The molecule has 20 heavy (non-hydrogen) atoms. The SMILES string of the molecule is CCC1CCC(C(N)c2cccc3c2OCCO3)CC1. The minimum Gasteiger partial charge on any atom is -0.486 e. The second kappa shape index (κ2) is 6.04. The van der Waals surface area contributed by atoms with Gasteiger partial charge in [-0.2, -0.15) is 0 Å². The quantitative estimate of drug-likeness (QED) is 0.915. The fourth-order valence-corrected chi connectivity index (χ4v) is 3.57. The predicted octanol–water partition coefficient (Wildman–Crippen LogP) is 3.67. The lowest BCUT2D eigenvalue weighted by molar-refractivity contribution is 0.166. The number of para-hydroxylation sites is 1. The van der Waals surface area contributed by atoms with Gasteiger partial charge >= 0.3 is 0 Å². The normalized spacial score (nSPS) is 27.1. The first-order valence-corrected chi connectivity index (χ1v) is 7.93. The highest BCUT2D eigenvalue weighted by Gasteiger charge is 2.29. The van der Waals surface area contributed by atoms with Crippen molar-refractivity contribution in [1.82, 2.24) is 0 Å². The third kappa shape index (κ3) is 2.64. The maximum atomic E-state index is 6.55. The molecule has 1 aromatic rings. The monoisotopic (exact) mass is 275 g/mol. The molecule has 0 saturated heterocycles. The molecule has 0 radical (unpaired) electrons. The minimum atomic E-state index is 0.0736. The Kier molecular flexibility index (Phi) is 4.16. The number of benzene rings is 1. The van der Waals surface area contributed by atoms with Crippen molar-refractivity contribution in [1.29, 1.82) is 0 Å². The van der Waals surface area contributed by atoms with E-state index in [0.717, 1.165) is 23.0 Å². The third-order valence-electron chi connectivity index (χ3n) is 4.93. The van der Waals surface area contributed by atoms with Gasteiger partial charge in [-0.1, -0.05) is 38.3 Å². The summed E-state index contributed by atoms with van der Waals surface area (Å²) >= 11 is 0. The highest BCUT2D eigenvalue weighted by atomic mass is 16.6. The van der Waals surface area contributed by atoms with E-state index >= 15 is 0 Å². The van der Waals surface area contributed by atoms with Gasteiger partial charge in [0.05, 0.1) is 0 Å².